The highest BCUT2D eigenvalue weighted by Gasteiger charge is 2.26. The van der Waals surface area contributed by atoms with Crippen molar-refractivity contribution in [2.45, 2.75) is 24.8 Å². The largest absolute Gasteiger partial charge is 0.304 e. The number of rotatable bonds is 4. The van der Waals surface area contributed by atoms with Crippen LogP contribution in [-0.4, -0.2) is 19.4 Å². The van der Waals surface area contributed by atoms with Crippen LogP contribution in [0.4, 0.5) is 5.69 Å². The van der Waals surface area contributed by atoms with Crippen molar-refractivity contribution in [3.05, 3.63) is 34.4 Å². The number of nitro benzene ring substituents is 1. The predicted octanol–water partition coefficient (Wildman–Crippen LogP) is 1.71. The Morgan fingerprint density at radius 3 is 2.38 bits per heavy atom. The number of hydrogen-bond acceptors (Lipinski definition) is 5. The van der Waals surface area contributed by atoms with Gasteiger partial charge in [-0.05, 0) is 19.9 Å². The average molecular weight is 245 g/mol. The van der Waals surface area contributed by atoms with Crippen molar-refractivity contribution in [1.82, 2.24) is 0 Å². The molecule has 0 saturated heterocycles. The second-order valence-corrected chi connectivity index (χ2v) is 4.86. The standard InChI is InChI=1S/C9H11NO5S/c1-7(2)15-16(13,14)9-6-4-3-5-8(9)10(11)12/h3-7H,1-2H3. The molecule has 0 amide bonds. The molecule has 0 N–H and O–H groups in total. The molecule has 88 valence electrons. The van der Waals surface area contributed by atoms with Gasteiger partial charge in [-0.25, -0.2) is 0 Å². The van der Waals surface area contributed by atoms with Gasteiger partial charge in [0.2, 0.25) is 0 Å². The molecule has 0 fully saturated rings. The van der Waals surface area contributed by atoms with Gasteiger partial charge in [-0.1, -0.05) is 12.1 Å². The summed E-state index contributed by atoms with van der Waals surface area (Å²) in [6.07, 6.45) is -0.565. The van der Waals surface area contributed by atoms with Gasteiger partial charge in [-0.3, -0.25) is 14.3 Å². The lowest BCUT2D eigenvalue weighted by Gasteiger charge is -2.08. The fourth-order valence-electron chi connectivity index (χ4n) is 1.12. The van der Waals surface area contributed by atoms with E-state index in [2.05, 4.69) is 4.18 Å². The normalized spacial score (nSPS) is 11.7. The minimum Gasteiger partial charge on any atom is -0.263 e. The minimum absolute atomic E-state index is 0.422. The molecule has 0 aromatic heterocycles. The molecule has 0 saturated carbocycles. The zero-order valence-electron chi connectivity index (χ0n) is 8.78. The van der Waals surface area contributed by atoms with E-state index in [1.165, 1.54) is 26.0 Å². The van der Waals surface area contributed by atoms with E-state index in [-0.39, 0.29) is 0 Å². The Morgan fingerprint density at radius 1 is 1.31 bits per heavy atom. The Balaban J connectivity index is 3.28. The molecule has 7 heteroatoms. The lowest BCUT2D eigenvalue weighted by Crippen LogP contribution is -2.13. The molecule has 1 aromatic rings. The van der Waals surface area contributed by atoms with E-state index < -0.39 is 31.7 Å². The SMILES string of the molecule is CC(C)OS(=O)(=O)c1ccccc1[N+](=O)[O-]. The van der Waals surface area contributed by atoms with Gasteiger partial charge in [0.15, 0.2) is 4.90 Å². The topological polar surface area (TPSA) is 86.5 Å². The summed E-state index contributed by atoms with van der Waals surface area (Å²) in [4.78, 5) is 9.46. The Hall–Kier alpha value is -1.47. The van der Waals surface area contributed by atoms with E-state index in [0.29, 0.717) is 0 Å². The van der Waals surface area contributed by atoms with Crippen LogP contribution in [0.15, 0.2) is 29.2 Å². The Bertz CT molecular complexity index is 494. The third-order valence-electron chi connectivity index (χ3n) is 1.65. The summed E-state index contributed by atoms with van der Waals surface area (Å²) in [7, 11) is -4.08. The van der Waals surface area contributed by atoms with Crippen molar-refractivity contribution >= 4 is 15.8 Å². The molecule has 0 aliphatic heterocycles. The van der Waals surface area contributed by atoms with Crippen LogP contribution in [0.2, 0.25) is 0 Å². The zero-order valence-corrected chi connectivity index (χ0v) is 9.60. The van der Waals surface area contributed by atoms with Crippen LogP contribution in [0.3, 0.4) is 0 Å². The molecule has 1 rings (SSSR count). The van der Waals surface area contributed by atoms with Gasteiger partial charge in [0.25, 0.3) is 5.69 Å². The number of para-hydroxylation sites is 1. The fourth-order valence-corrected chi connectivity index (χ4v) is 2.38. The van der Waals surface area contributed by atoms with Gasteiger partial charge in [0.05, 0.1) is 11.0 Å². The summed E-state index contributed by atoms with van der Waals surface area (Å²) in [6.45, 7) is 3.07. The summed E-state index contributed by atoms with van der Waals surface area (Å²) in [6, 6.07) is 5.07. The lowest BCUT2D eigenvalue weighted by atomic mass is 10.3. The molecule has 0 atom stereocenters. The van der Waals surface area contributed by atoms with Crippen molar-refractivity contribution in [1.29, 1.82) is 0 Å². The van der Waals surface area contributed by atoms with Crippen LogP contribution >= 0.6 is 0 Å². The smallest absolute Gasteiger partial charge is 0.263 e. The highest BCUT2D eigenvalue weighted by atomic mass is 32.2. The molecule has 0 unspecified atom stereocenters. The summed E-state index contributed by atoms with van der Waals surface area (Å²) in [5.41, 5.74) is -0.483. The van der Waals surface area contributed by atoms with Crippen LogP contribution in [0.5, 0.6) is 0 Å². The molecule has 0 spiro atoms. The van der Waals surface area contributed by atoms with E-state index in [1.54, 1.807) is 0 Å². The van der Waals surface area contributed by atoms with E-state index in [4.69, 9.17) is 0 Å². The predicted molar refractivity (Wildman–Crippen MR) is 56.5 cm³/mol. The summed E-state index contributed by atoms with van der Waals surface area (Å²) in [5.74, 6) is 0. The monoisotopic (exact) mass is 245 g/mol. The summed E-state index contributed by atoms with van der Waals surface area (Å²) < 4.78 is 28.0. The number of benzene rings is 1. The Labute approximate surface area is 93.1 Å². The van der Waals surface area contributed by atoms with Crippen molar-refractivity contribution in [3.63, 3.8) is 0 Å². The van der Waals surface area contributed by atoms with E-state index in [0.717, 1.165) is 12.1 Å². The molecular formula is C9H11NO5S. The maximum absolute atomic E-state index is 11.6. The average Bonchev–Trinajstić information content (AvgIpc) is 2.15. The highest BCUT2D eigenvalue weighted by Crippen LogP contribution is 2.25. The van der Waals surface area contributed by atoms with Gasteiger partial charge in [-0.15, -0.1) is 0 Å². The maximum atomic E-state index is 11.6. The van der Waals surface area contributed by atoms with Crippen LogP contribution < -0.4 is 0 Å². The van der Waals surface area contributed by atoms with E-state index >= 15 is 0 Å². The van der Waals surface area contributed by atoms with Gasteiger partial charge in [-0.2, -0.15) is 8.42 Å². The van der Waals surface area contributed by atoms with Gasteiger partial charge < -0.3 is 0 Å². The lowest BCUT2D eigenvalue weighted by molar-refractivity contribution is -0.387. The molecule has 0 heterocycles. The third-order valence-corrected chi connectivity index (χ3v) is 3.17. The Kier molecular flexibility index (Phi) is 3.61. The first kappa shape index (κ1) is 12.6. The molecule has 0 radical (unpaired) electrons. The number of nitro groups is 1. The summed E-state index contributed by atoms with van der Waals surface area (Å²) >= 11 is 0. The third kappa shape index (κ3) is 2.77. The van der Waals surface area contributed by atoms with Crippen molar-refractivity contribution in [2.24, 2.45) is 0 Å². The molecule has 0 aliphatic rings. The number of nitrogens with zero attached hydrogens (tertiary/aromatic N) is 1. The summed E-state index contributed by atoms with van der Waals surface area (Å²) in [5, 5.41) is 10.6. The van der Waals surface area contributed by atoms with E-state index in [1.807, 2.05) is 0 Å². The molecule has 1 aromatic carbocycles. The van der Waals surface area contributed by atoms with Crippen molar-refractivity contribution in [3.8, 4) is 0 Å². The minimum atomic E-state index is -4.08. The molecule has 0 bridgehead atoms. The van der Waals surface area contributed by atoms with Crippen LogP contribution in [-0.2, 0) is 14.3 Å². The second-order valence-electron chi connectivity index (χ2n) is 3.32. The maximum Gasteiger partial charge on any atom is 0.304 e. The molecule has 0 aliphatic carbocycles. The van der Waals surface area contributed by atoms with Gasteiger partial charge in [0, 0.05) is 6.07 Å². The second kappa shape index (κ2) is 4.58. The zero-order chi connectivity index (χ0) is 12.3. The molecular weight excluding hydrogens is 234 g/mol. The van der Waals surface area contributed by atoms with Crippen molar-refractivity contribution < 1.29 is 17.5 Å². The quantitative estimate of drug-likeness (QED) is 0.458. The first-order chi connectivity index (χ1) is 7.34. The highest BCUT2D eigenvalue weighted by molar-refractivity contribution is 7.87. The van der Waals surface area contributed by atoms with Crippen LogP contribution in [0.1, 0.15) is 13.8 Å². The Morgan fingerprint density at radius 2 is 1.88 bits per heavy atom. The van der Waals surface area contributed by atoms with E-state index in [9.17, 15) is 18.5 Å². The van der Waals surface area contributed by atoms with Crippen LogP contribution in [0, 0.1) is 10.1 Å². The number of hydrogen-bond donors (Lipinski definition) is 0. The molecule has 16 heavy (non-hydrogen) atoms. The van der Waals surface area contributed by atoms with Gasteiger partial charge in [0.1, 0.15) is 0 Å². The van der Waals surface area contributed by atoms with Crippen molar-refractivity contribution in [2.75, 3.05) is 0 Å². The van der Waals surface area contributed by atoms with Gasteiger partial charge >= 0.3 is 10.1 Å². The molecule has 6 nitrogen and oxygen atoms in total. The fraction of sp³-hybridized carbons (Fsp3) is 0.333. The van der Waals surface area contributed by atoms with Crippen LogP contribution in [0.25, 0.3) is 0 Å². The first-order valence-corrected chi connectivity index (χ1v) is 5.92. The first-order valence-electron chi connectivity index (χ1n) is 4.51.